The largest absolute Gasteiger partial charge is 0.543 e. The number of benzene rings is 1. The van der Waals surface area contributed by atoms with Gasteiger partial charge in [0.25, 0.3) is 0 Å². The summed E-state index contributed by atoms with van der Waals surface area (Å²) in [5.74, 6) is -1.31. The SMILES string of the molecule is Cc1ccc(-n2nc(C)c(C(=O)[O-])n2)c(C)c1. The van der Waals surface area contributed by atoms with Crippen LogP contribution in [0.4, 0.5) is 0 Å². The molecule has 1 aromatic heterocycles. The van der Waals surface area contributed by atoms with Gasteiger partial charge >= 0.3 is 0 Å². The van der Waals surface area contributed by atoms with Gasteiger partial charge in [-0.2, -0.15) is 9.90 Å². The molecule has 17 heavy (non-hydrogen) atoms. The molecule has 1 aromatic carbocycles. The first-order valence-corrected chi connectivity index (χ1v) is 5.22. The van der Waals surface area contributed by atoms with Crippen LogP contribution < -0.4 is 5.11 Å². The minimum atomic E-state index is -1.31. The highest BCUT2D eigenvalue weighted by Crippen LogP contribution is 2.14. The van der Waals surface area contributed by atoms with Crippen LogP contribution in [0.5, 0.6) is 0 Å². The molecule has 0 unspecified atom stereocenters. The number of hydrogen-bond acceptors (Lipinski definition) is 4. The van der Waals surface area contributed by atoms with E-state index >= 15 is 0 Å². The van der Waals surface area contributed by atoms with Crippen LogP contribution in [0.3, 0.4) is 0 Å². The summed E-state index contributed by atoms with van der Waals surface area (Å²) in [6.07, 6.45) is 0. The van der Waals surface area contributed by atoms with E-state index in [4.69, 9.17) is 0 Å². The highest BCUT2D eigenvalue weighted by atomic mass is 16.4. The van der Waals surface area contributed by atoms with Crippen LogP contribution in [0.15, 0.2) is 18.2 Å². The fourth-order valence-electron chi connectivity index (χ4n) is 1.70. The fourth-order valence-corrected chi connectivity index (χ4v) is 1.70. The van der Waals surface area contributed by atoms with Crippen molar-refractivity contribution < 1.29 is 9.90 Å². The van der Waals surface area contributed by atoms with Crippen LogP contribution in [0.2, 0.25) is 0 Å². The average Bonchev–Trinajstić information content (AvgIpc) is 2.60. The third-order valence-corrected chi connectivity index (χ3v) is 2.54. The van der Waals surface area contributed by atoms with Crippen molar-refractivity contribution in [3.8, 4) is 5.69 Å². The van der Waals surface area contributed by atoms with Crippen molar-refractivity contribution in [3.05, 3.63) is 40.7 Å². The Kier molecular flexibility index (Phi) is 2.67. The molecule has 0 aliphatic rings. The summed E-state index contributed by atoms with van der Waals surface area (Å²) in [5, 5.41) is 18.8. The van der Waals surface area contributed by atoms with Gasteiger partial charge in [-0.3, -0.25) is 0 Å². The van der Waals surface area contributed by atoms with Gasteiger partial charge in [0, 0.05) is 0 Å². The Bertz CT molecular complexity index is 587. The Morgan fingerprint density at radius 1 is 1.24 bits per heavy atom. The van der Waals surface area contributed by atoms with Crippen molar-refractivity contribution in [1.29, 1.82) is 0 Å². The molecular formula is C12H12N3O2-. The van der Waals surface area contributed by atoms with Crippen LogP contribution in [0, 0.1) is 20.8 Å². The number of carboxylic acid groups (broad SMARTS) is 1. The Balaban J connectivity index is 2.53. The van der Waals surface area contributed by atoms with E-state index in [2.05, 4.69) is 10.2 Å². The quantitative estimate of drug-likeness (QED) is 0.755. The summed E-state index contributed by atoms with van der Waals surface area (Å²) in [4.78, 5) is 12.1. The number of aromatic carboxylic acids is 1. The summed E-state index contributed by atoms with van der Waals surface area (Å²) < 4.78 is 0. The molecule has 5 heteroatoms. The number of nitrogens with zero attached hydrogens (tertiary/aromatic N) is 3. The molecule has 0 spiro atoms. The topological polar surface area (TPSA) is 70.8 Å². The van der Waals surface area contributed by atoms with E-state index in [9.17, 15) is 9.90 Å². The Hall–Kier alpha value is -2.17. The van der Waals surface area contributed by atoms with E-state index in [1.165, 1.54) is 4.80 Å². The smallest absolute Gasteiger partial charge is 0.131 e. The van der Waals surface area contributed by atoms with Crippen molar-refractivity contribution in [1.82, 2.24) is 15.0 Å². The molecule has 0 N–H and O–H groups in total. The van der Waals surface area contributed by atoms with Gasteiger partial charge in [0.15, 0.2) is 0 Å². The second-order valence-electron chi connectivity index (χ2n) is 4.00. The molecule has 0 saturated heterocycles. The molecule has 0 radical (unpaired) electrons. The van der Waals surface area contributed by atoms with Crippen LogP contribution in [0.1, 0.15) is 27.3 Å². The highest BCUT2D eigenvalue weighted by Gasteiger charge is 2.10. The zero-order chi connectivity index (χ0) is 12.6. The molecule has 88 valence electrons. The standard InChI is InChI=1S/C12H13N3O2/c1-7-4-5-10(8(2)6-7)15-13-9(3)11(14-15)12(16)17/h4-6H,1-3H3,(H,16,17)/p-1. The lowest BCUT2D eigenvalue weighted by Crippen LogP contribution is -2.23. The molecule has 1 heterocycles. The summed E-state index contributed by atoms with van der Waals surface area (Å²) in [5.41, 5.74) is 3.13. The lowest BCUT2D eigenvalue weighted by Gasteiger charge is -2.04. The van der Waals surface area contributed by atoms with E-state index in [0.29, 0.717) is 5.69 Å². The molecule has 0 atom stereocenters. The number of aromatic nitrogens is 3. The van der Waals surface area contributed by atoms with Gasteiger partial charge in [0.05, 0.1) is 17.4 Å². The van der Waals surface area contributed by atoms with Crippen LogP contribution in [-0.2, 0) is 0 Å². The van der Waals surface area contributed by atoms with Gasteiger partial charge in [0.2, 0.25) is 0 Å². The third kappa shape index (κ3) is 2.04. The van der Waals surface area contributed by atoms with Crippen LogP contribution in [0.25, 0.3) is 5.69 Å². The Morgan fingerprint density at radius 3 is 2.47 bits per heavy atom. The number of hydrogen-bond donors (Lipinski definition) is 0. The van der Waals surface area contributed by atoms with Crippen molar-refractivity contribution in [2.75, 3.05) is 0 Å². The first-order chi connectivity index (χ1) is 7.99. The predicted molar refractivity (Wildman–Crippen MR) is 59.9 cm³/mol. The third-order valence-electron chi connectivity index (χ3n) is 2.54. The normalized spacial score (nSPS) is 10.5. The summed E-state index contributed by atoms with van der Waals surface area (Å²) >= 11 is 0. The number of rotatable bonds is 2. The van der Waals surface area contributed by atoms with E-state index in [1.807, 2.05) is 32.0 Å². The fraction of sp³-hybridized carbons (Fsp3) is 0.250. The number of carbonyl (C=O) groups excluding carboxylic acids is 1. The average molecular weight is 230 g/mol. The molecule has 0 bridgehead atoms. The van der Waals surface area contributed by atoms with Crippen LogP contribution >= 0.6 is 0 Å². The van der Waals surface area contributed by atoms with Crippen molar-refractivity contribution >= 4 is 5.97 Å². The number of carbonyl (C=O) groups is 1. The van der Waals surface area contributed by atoms with E-state index in [0.717, 1.165) is 16.8 Å². The first-order valence-electron chi connectivity index (χ1n) is 5.22. The molecule has 0 aliphatic heterocycles. The summed E-state index contributed by atoms with van der Waals surface area (Å²) in [7, 11) is 0. The van der Waals surface area contributed by atoms with Crippen molar-refractivity contribution in [3.63, 3.8) is 0 Å². The zero-order valence-electron chi connectivity index (χ0n) is 9.89. The van der Waals surface area contributed by atoms with Crippen LogP contribution in [-0.4, -0.2) is 21.0 Å². The van der Waals surface area contributed by atoms with Gasteiger partial charge in [-0.1, -0.05) is 17.7 Å². The summed E-state index contributed by atoms with van der Waals surface area (Å²) in [6, 6.07) is 5.79. The second kappa shape index (κ2) is 4.01. The molecule has 0 saturated carbocycles. The van der Waals surface area contributed by atoms with Gasteiger partial charge in [0.1, 0.15) is 5.69 Å². The van der Waals surface area contributed by atoms with E-state index in [-0.39, 0.29) is 5.69 Å². The van der Waals surface area contributed by atoms with Crippen molar-refractivity contribution in [2.24, 2.45) is 0 Å². The molecular weight excluding hydrogens is 218 g/mol. The van der Waals surface area contributed by atoms with Gasteiger partial charge < -0.3 is 9.90 Å². The van der Waals surface area contributed by atoms with Crippen molar-refractivity contribution in [2.45, 2.75) is 20.8 Å². The number of carboxylic acids is 1. The second-order valence-corrected chi connectivity index (χ2v) is 4.00. The zero-order valence-corrected chi connectivity index (χ0v) is 9.89. The maximum absolute atomic E-state index is 10.8. The van der Waals surface area contributed by atoms with E-state index < -0.39 is 5.97 Å². The minimum absolute atomic E-state index is 0.120. The molecule has 5 nitrogen and oxygen atoms in total. The minimum Gasteiger partial charge on any atom is -0.543 e. The molecule has 2 aromatic rings. The Labute approximate surface area is 98.7 Å². The summed E-state index contributed by atoms with van der Waals surface area (Å²) in [6.45, 7) is 5.52. The lowest BCUT2D eigenvalue weighted by molar-refractivity contribution is -0.255. The van der Waals surface area contributed by atoms with E-state index in [1.54, 1.807) is 6.92 Å². The Morgan fingerprint density at radius 2 is 1.94 bits per heavy atom. The molecule has 0 amide bonds. The lowest BCUT2D eigenvalue weighted by atomic mass is 10.1. The first kappa shape index (κ1) is 11.3. The predicted octanol–water partition coefficient (Wildman–Crippen LogP) is 0.556. The van der Waals surface area contributed by atoms with Gasteiger partial charge in [-0.15, -0.1) is 5.10 Å². The highest BCUT2D eigenvalue weighted by molar-refractivity contribution is 5.84. The molecule has 0 aliphatic carbocycles. The monoisotopic (exact) mass is 230 g/mol. The van der Waals surface area contributed by atoms with Gasteiger partial charge in [-0.05, 0) is 32.4 Å². The molecule has 2 rings (SSSR count). The molecule has 0 fully saturated rings. The van der Waals surface area contributed by atoms with Gasteiger partial charge in [-0.25, -0.2) is 0 Å². The maximum Gasteiger partial charge on any atom is 0.131 e. The maximum atomic E-state index is 10.8. The number of aryl methyl sites for hydroxylation is 3.